The topological polar surface area (TPSA) is 17.1 Å². The summed E-state index contributed by atoms with van der Waals surface area (Å²) in [6, 6.07) is 25.1. The fourth-order valence-electron chi connectivity index (χ4n) is 3.76. The molecule has 3 heteroatoms. The summed E-state index contributed by atoms with van der Waals surface area (Å²) in [4.78, 5) is 12.0. The highest BCUT2D eigenvalue weighted by molar-refractivity contribution is 9.10. The van der Waals surface area contributed by atoms with Crippen LogP contribution in [0.25, 0.3) is 42.1 Å². The summed E-state index contributed by atoms with van der Waals surface area (Å²) in [6.45, 7) is 1.63. The molecule has 0 saturated heterocycles. The molecule has 5 aromatic rings. The Bertz CT molecular complexity index is 1360. The van der Waals surface area contributed by atoms with Crippen molar-refractivity contribution in [2.75, 3.05) is 0 Å². The van der Waals surface area contributed by atoms with Crippen LogP contribution in [0.3, 0.4) is 0 Å². The van der Waals surface area contributed by atoms with Crippen molar-refractivity contribution in [3.63, 3.8) is 0 Å². The second-order valence-corrected chi connectivity index (χ2v) is 8.60. The van der Waals surface area contributed by atoms with E-state index in [1.807, 2.05) is 35.6 Å². The number of Topliss-reactive ketones (excluding diaryl/α,β-unsaturated/α-hetero) is 1. The molecule has 0 saturated carbocycles. The predicted molar refractivity (Wildman–Crippen MR) is 120 cm³/mol. The maximum absolute atomic E-state index is 12.0. The normalized spacial score (nSPS) is 11.5. The van der Waals surface area contributed by atoms with E-state index < -0.39 is 0 Å². The van der Waals surface area contributed by atoms with Gasteiger partial charge in [-0.3, -0.25) is 4.79 Å². The summed E-state index contributed by atoms with van der Waals surface area (Å²) in [5, 5.41) is 5.03. The third kappa shape index (κ3) is 2.61. The van der Waals surface area contributed by atoms with Crippen LogP contribution < -0.4 is 0 Å². The summed E-state index contributed by atoms with van der Waals surface area (Å²) < 4.78 is 3.67. The van der Waals surface area contributed by atoms with Gasteiger partial charge in [-0.15, -0.1) is 11.3 Å². The van der Waals surface area contributed by atoms with Gasteiger partial charge in [0.05, 0.1) is 0 Å². The van der Waals surface area contributed by atoms with Crippen molar-refractivity contribution in [2.24, 2.45) is 0 Å². The zero-order valence-corrected chi connectivity index (χ0v) is 17.0. The summed E-state index contributed by atoms with van der Waals surface area (Å²) in [7, 11) is 0. The zero-order valence-electron chi connectivity index (χ0n) is 14.6. The number of thiophene rings is 1. The number of rotatable bonds is 2. The van der Waals surface area contributed by atoms with Gasteiger partial charge in [0.1, 0.15) is 0 Å². The molecule has 0 N–H and O–H groups in total. The van der Waals surface area contributed by atoms with Crippen LogP contribution in [0.4, 0.5) is 0 Å². The third-order valence-corrected chi connectivity index (χ3v) is 6.90. The number of carbonyl (C=O) groups excluding carboxylic acids is 1. The highest BCUT2D eigenvalue weighted by atomic mass is 79.9. The van der Waals surface area contributed by atoms with Crippen molar-refractivity contribution >= 4 is 64.0 Å². The fraction of sp³-hybridized carbons (Fsp3) is 0.0417. The minimum Gasteiger partial charge on any atom is -0.294 e. The molecule has 0 aliphatic heterocycles. The third-order valence-electron chi connectivity index (χ3n) is 5.05. The summed E-state index contributed by atoms with van der Waals surface area (Å²) in [5.74, 6) is 0.0944. The molecular formula is C24H15BrOS. The van der Waals surface area contributed by atoms with Crippen LogP contribution in [0.1, 0.15) is 17.3 Å². The number of halogens is 1. The van der Waals surface area contributed by atoms with Gasteiger partial charge < -0.3 is 0 Å². The zero-order chi connectivity index (χ0) is 18.5. The van der Waals surface area contributed by atoms with Crippen molar-refractivity contribution in [1.29, 1.82) is 0 Å². The van der Waals surface area contributed by atoms with E-state index >= 15 is 0 Å². The summed E-state index contributed by atoms with van der Waals surface area (Å²) >= 11 is 5.55. The van der Waals surface area contributed by atoms with Crippen LogP contribution in [0, 0.1) is 0 Å². The van der Waals surface area contributed by atoms with Crippen LogP contribution in [0.2, 0.25) is 0 Å². The number of fused-ring (bicyclic) bond motifs is 5. The maximum Gasteiger partial charge on any atom is 0.160 e. The molecule has 0 fully saturated rings. The average molecular weight is 431 g/mol. The second kappa shape index (κ2) is 6.29. The Kier molecular flexibility index (Phi) is 3.88. The van der Waals surface area contributed by atoms with Gasteiger partial charge in [0, 0.05) is 35.6 Å². The predicted octanol–water partition coefficient (Wildman–Crippen LogP) is 7.84. The van der Waals surface area contributed by atoms with E-state index in [-0.39, 0.29) is 5.78 Å². The summed E-state index contributed by atoms with van der Waals surface area (Å²) in [5.41, 5.74) is 2.85. The van der Waals surface area contributed by atoms with Crippen molar-refractivity contribution in [3.8, 4) is 11.1 Å². The Morgan fingerprint density at radius 3 is 2.37 bits per heavy atom. The molecule has 0 aliphatic rings. The molecule has 0 unspecified atom stereocenters. The molecule has 0 aliphatic carbocycles. The van der Waals surface area contributed by atoms with Crippen LogP contribution >= 0.6 is 27.3 Å². The Morgan fingerprint density at radius 1 is 0.815 bits per heavy atom. The van der Waals surface area contributed by atoms with Crippen molar-refractivity contribution in [2.45, 2.75) is 6.92 Å². The highest BCUT2D eigenvalue weighted by Gasteiger charge is 2.13. The van der Waals surface area contributed by atoms with Gasteiger partial charge >= 0.3 is 0 Å². The van der Waals surface area contributed by atoms with E-state index in [1.165, 1.54) is 30.9 Å². The monoisotopic (exact) mass is 430 g/mol. The van der Waals surface area contributed by atoms with Gasteiger partial charge in [0.25, 0.3) is 0 Å². The van der Waals surface area contributed by atoms with Gasteiger partial charge in [-0.25, -0.2) is 0 Å². The van der Waals surface area contributed by atoms with Crippen LogP contribution in [0.15, 0.2) is 77.3 Å². The largest absolute Gasteiger partial charge is 0.294 e. The first-order valence-corrected chi connectivity index (χ1v) is 10.4. The first-order chi connectivity index (χ1) is 13.1. The molecule has 5 rings (SSSR count). The minimum atomic E-state index is 0.0944. The SMILES string of the molecule is CC(=O)c1ccccc1-c1ccc2c(c1)sc1c3ccccc3c(Br)cc21. The van der Waals surface area contributed by atoms with E-state index in [9.17, 15) is 4.79 Å². The molecule has 0 atom stereocenters. The van der Waals surface area contributed by atoms with Crippen molar-refractivity contribution in [1.82, 2.24) is 0 Å². The average Bonchev–Trinajstić information content (AvgIpc) is 3.06. The van der Waals surface area contributed by atoms with Gasteiger partial charge in [-0.05, 0) is 35.6 Å². The maximum atomic E-state index is 12.0. The van der Waals surface area contributed by atoms with Crippen molar-refractivity contribution < 1.29 is 4.79 Å². The molecule has 27 heavy (non-hydrogen) atoms. The number of carbonyl (C=O) groups is 1. The first-order valence-electron chi connectivity index (χ1n) is 8.77. The Labute approximate surface area is 169 Å². The molecule has 1 nitrogen and oxygen atoms in total. The van der Waals surface area contributed by atoms with E-state index in [0.29, 0.717) is 0 Å². The van der Waals surface area contributed by atoms with E-state index in [4.69, 9.17) is 0 Å². The molecule has 130 valence electrons. The lowest BCUT2D eigenvalue weighted by atomic mass is 9.96. The van der Waals surface area contributed by atoms with Crippen LogP contribution in [-0.2, 0) is 0 Å². The quantitative estimate of drug-likeness (QED) is 0.260. The Morgan fingerprint density at radius 2 is 1.56 bits per heavy atom. The lowest BCUT2D eigenvalue weighted by Crippen LogP contribution is -1.95. The molecule has 0 spiro atoms. The molecular weight excluding hydrogens is 416 g/mol. The number of hydrogen-bond donors (Lipinski definition) is 0. The van der Waals surface area contributed by atoms with E-state index in [2.05, 4.69) is 64.5 Å². The van der Waals surface area contributed by atoms with Crippen LogP contribution in [-0.4, -0.2) is 5.78 Å². The molecule has 1 heterocycles. The molecule has 0 radical (unpaired) electrons. The van der Waals surface area contributed by atoms with E-state index in [1.54, 1.807) is 6.92 Å². The lowest BCUT2D eigenvalue weighted by Gasteiger charge is -2.07. The number of hydrogen-bond acceptors (Lipinski definition) is 2. The van der Waals surface area contributed by atoms with Crippen LogP contribution in [0.5, 0.6) is 0 Å². The lowest BCUT2D eigenvalue weighted by molar-refractivity contribution is 0.101. The minimum absolute atomic E-state index is 0.0944. The van der Waals surface area contributed by atoms with Gasteiger partial charge in [-0.1, -0.05) is 76.6 Å². The fourth-order valence-corrected chi connectivity index (χ4v) is 5.60. The Balaban J connectivity index is 1.82. The second-order valence-electron chi connectivity index (χ2n) is 6.70. The standard InChI is InChI=1S/C24H15BrOS/c1-14(26)16-6-2-3-7-17(16)15-10-11-19-21-13-22(25)18-8-4-5-9-20(18)24(21)27-23(19)12-15/h2-13H,1H3. The Hall–Kier alpha value is -2.49. The number of ketones is 1. The highest BCUT2D eigenvalue weighted by Crippen LogP contribution is 2.42. The molecule has 4 aromatic carbocycles. The smallest absolute Gasteiger partial charge is 0.160 e. The number of benzene rings is 4. The molecule has 0 amide bonds. The van der Waals surface area contributed by atoms with E-state index in [0.717, 1.165) is 21.2 Å². The summed E-state index contributed by atoms with van der Waals surface area (Å²) in [6.07, 6.45) is 0. The molecule has 1 aromatic heterocycles. The van der Waals surface area contributed by atoms with Gasteiger partial charge in [-0.2, -0.15) is 0 Å². The molecule has 0 bridgehead atoms. The first kappa shape index (κ1) is 16.7. The van der Waals surface area contributed by atoms with Gasteiger partial charge in [0.2, 0.25) is 0 Å². The van der Waals surface area contributed by atoms with Crippen molar-refractivity contribution in [3.05, 3.63) is 82.8 Å². The van der Waals surface area contributed by atoms with Gasteiger partial charge in [0.15, 0.2) is 5.78 Å².